The molecule has 2 aromatic rings. The number of ether oxygens (including phenoxy) is 6. The van der Waals surface area contributed by atoms with Gasteiger partial charge >= 0.3 is 24.2 Å². The van der Waals surface area contributed by atoms with Crippen LogP contribution in [0.3, 0.4) is 0 Å². The summed E-state index contributed by atoms with van der Waals surface area (Å²) in [6.07, 6.45) is -2.27. The molecule has 212 valence electrons. The van der Waals surface area contributed by atoms with Crippen LogP contribution in [0.2, 0.25) is 0 Å². The molecule has 0 saturated heterocycles. The molecule has 0 aromatic heterocycles. The molecular weight excluding hydrogens is 510 g/mol. The van der Waals surface area contributed by atoms with Crippen LogP contribution in [-0.4, -0.2) is 55.7 Å². The minimum atomic E-state index is -1.09. The quantitative estimate of drug-likeness (QED) is 0.214. The van der Waals surface area contributed by atoms with E-state index in [4.69, 9.17) is 34.2 Å². The van der Waals surface area contributed by atoms with E-state index in [1.165, 1.54) is 12.1 Å². The van der Waals surface area contributed by atoms with E-state index in [0.717, 1.165) is 0 Å². The highest BCUT2D eigenvalue weighted by atomic mass is 16.7. The summed E-state index contributed by atoms with van der Waals surface area (Å²) in [5, 5.41) is 0. The third kappa shape index (κ3) is 10.6. The van der Waals surface area contributed by atoms with Gasteiger partial charge in [0.2, 0.25) is 0 Å². The molecular formula is C28H35NO10. The lowest BCUT2D eigenvalue weighted by atomic mass is 10.1. The second kappa shape index (κ2) is 16.0. The number of rotatable bonds is 13. The van der Waals surface area contributed by atoms with Crippen LogP contribution in [0.25, 0.3) is 0 Å². The predicted octanol–water partition coefficient (Wildman–Crippen LogP) is 4.58. The van der Waals surface area contributed by atoms with Crippen LogP contribution in [0.15, 0.2) is 48.5 Å². The minimum absolute atomic E-state index is 0.00463. The molecule has 3 atom stereocenters. The fraction of sp³-hybridized carbons (Fsp3) is 0.429. The number of hydrogen-bond donors (Lipinski definition) is 1. The number of carbonyl (C=O) groups is 4. The average molecular weight is 546 g/mol. The standard InChI is InChI=1S/C28H35NO10/c1-5-14-34-27(32)38-23-13-12-20(17-24(23)39-28(33)35-15-6-2)16-22(29)26(31)37-19(4)18(3)36-25(30)21-10-8-7-9-11-21/h7-13,17-19,22H,5-6,14-16,29H2,1-4H3/t18-,19-,22-/m0/s1. The number of nitrogens with two attached hydrogens (primary N) is 1. The zero-order valence-corrected chi connectivity index (χ0v) is 22.5. The minimum Gasteiger partial charge on any atom is -0.458 e. The molecule has 0 fully saturated rings. The Labute approximate surface area is 227 Å². The van der Waals surface area contributed by atoms with Gasteiger partial charge in [-0.3, -0.25) is 4.79 Å². The Morgan fingerprint density at radius 3 is 1.92 bits per heavy atom. The molecule has 0 spiro atoms. The molecule has 0 radical (unpaired) electrons. The van der Waals surface area contributed by atoms with Crippen LogP contribution >= 0.6 is 0 Å². The van der Waals surface area contributed by atoms with Gasteiger partial charge in [0.15, 0.2) is 11.5 Å². The molecule has 39 heavy (non-hydrogen) atoms. The molecule has 0 heterocycles. The molecule has 11 heteroatoms. The summed E-state index contributed by atoms with van der Waals surface area (Å²) in [4.78, 5) is 48.8. The molecule has 0 bridgehead atoms. The van der Waals surface area contributed by atoms with Gasteiger partial charge in [-0.2, -0.15) is 0 Å². The Bertz CT molecular complexity index is 1100. The second-order valence-electron chi connectivity index (χ2n) is 8.61. The Balaban J connectivity index is 2.03. The van der Waals surface area contributed by atoms with Crippen molar-refractivity contribution in [1.29, 1.82) is 0 Å². The van der Waals surface area contributed by atoms with Crippen LogP contribution < -0.4 is 15.2 Å². The Morgan fingerprint density at radius 2 is 1.33 bits per heavy atom. The Kier molecular flexibility index (Phi) is 12.7. The van der Waals surface area contributed by atoms with Crippen molar-refractivity contribution in [1.82, 2.24) is 0 Å². The van der Waals surface area contributed by atoms with E-state index in [1.54, 1.807) is 50.2 Å². The topological polar surface area (TPSA) is 150 Å². The summed E-state index contributed by atoms with van der Waals surface area (Å²) in [6.45, 7) is 7.14. The van der Waals surface area contributed by atoms with Crippen molar-refractivity contribution < 1.29 is 47.6 Å². The summed E-state index contributed by atoms with van der Waals surface area (Å²) in [6, 6.07) is 11.7. The van der Waals surface area contributed by atoms with Gasteiger partial charge in [-0.25, -0.2) is 14.4 Å². The highest BCUT2D eigenvalue weighted by Gasteiger charge is 2.25. The molecule has 0 aliphatic rings. The smallest absolute Gasteiger partial charge is 0.458 e. The van der Waals surface area contributed by atoms with Gasteiger partial charge in [-0.1, -0.05) is 38.1 Å². The van der Waals surface area contributed by atoms with Crippen molar-refractivity contribution in [2.45, 2.75) is 65.2 Å². The van der Waals surface area contributed by atoms with Crippen LogP contribution in [0, 0.1) is 0 Å². The molecule has 0 aliphatic heterocycles. The fourth-order valence-electron chi connectivity index (χ4n) is 3.06. The molecule has 2 rings (SSSR count). The first-order valence-electron chi connectivity index (χ1n) is 12.7. The van der Waals surface area contributed by atoms with Crippen LogP contribution in [0.5, 0.6) is 11.5 Å². The van der Waals surface area contributed by atoms with Crippen LogP contribution in [-0.2, 0) is 30.2 Å². The van der Waals surface area contributed by atoms with E-state index in [0.29, 0.717) is 24.0 Å². The van der Waals surface area contributed by atoms with Gasteiger partial charge in [0, 0.05) is 0 Å². The normalized spacial score (nSPS) is 12.8. The lowest BCUT2D eigenvalue weighted by molar-refractivity contribution is -0.154. The highest BCUT2D eigenvalue weighted by Crippen LogP contribution is 2.30. The third-order valence-corrected chi connectivity index (χ3v) is 5.27. The number of benzene rings is 2. The summed E-state index contributed by atoms with van der Waals surface area (Å²) in [7, 11) is 0. The predicted molar refractivity (Wildman–Crippen MR) is 140 cm³/mol. The largest absolute Gasteiger partial charge is 0.513 e. The molecule has 0 aliphatic carbocycles. The van der Waals surface area contributed by atoms with E-state index < -0.39 is 42.5 Å². The Morgan fingerprint density at radius 1 is 0.769 bits per heavy atom. The summed E-state index contributed by atoms with van der Waals surface area (Å²) in [5.74, 6) is -1.45. The number of esters is 2. The van der Waals surface area contributed by atoms with E-state index in [1.807, 2.05) is 13.8 Å². The van der Waals surface area contributed by atoms with Crippen molar-refractivity contribution in [3.8, 4) is 11.5 Å². The van der Waals surface area contributed by atoms with E-state index in [-0.39, 0.29) is 31.1 Å². The first-order chi connectivity index (χ1) is 18.6. The lowest BCUT2D eigenvalue weighted by Gasteiger charge is -2.22. The van der Waals surface area contributed by atoms with Gasteiger partial charge < -0.3 is 34.2 Å². The van der Waals surface area contributed by atoms with Gasteiger partial charge in [0.1, 0.15) is 18.2 Å². The maximum atomic E-state index is 12.6. The Hall–Kier alpha value is -4.12. The van der Waals surface area contributed by atoms with Gasteiger partial charge in [-0.15, -0.1) is 0 Å². The maximum Gasteiger partial charge on any atom is 0.513 e. The van der Waals surface area contributed by atoms with Crippen molar-refractivity contribution >= 4 is 24.2 Å². The van der Waals surface area contributed by atoms with Crippen molar-refractivity contribution in [3.05, 3.63) is 59.7 Å². The lowest BCUT2D eigenvalue weighted by Crippen LogP contribution is -2.39. The van der Waals surface area contributed by atoms with Crippen molar-refractivity contribution in [2.75, 3.05) is 13.2 Å². The number of carbonyl (C=O) groups excluding carboxylic acids is 4. The second-order valence-corrected chi connectivity index (χ2v) is 8.61. The zero-order chi connectivity index (χ0) is 28.8. The molecule has 0 saturated carbocycles. The molecule has 0 amide bonds. The van der Waals surface area contributed by atoms with Crippen LogP contribution in [0.1, 0.15) is 56.5 Å². The fourth-order valence-corrected chi connectivity index (χ4v) is 3.06. The van der Waals surface area contributed by atoms with Gasteiger partial charge in [0.05, 0.1) is 18.8 Å². The van der Waals surface area contributed by atoms with E-state index >= 15 is 0 Å². The maximum absolute atomic E-state index is 12.6. The van der Waals surface area contributed by atoms with E-state index in [9.17, 15) is 19.2 Å². The first-order valence-corrected chi connectivity index (χ1v) is 12.7. The van der Waals surface area contributed by atoms with Crippen molar-refractivity contribution in [3.63, 3.8) is 0 Å². The van der Waals surface area contributed by atoms with Gasteiger partial charge in [-0.05, 0) is 62.9 Å². The average Bonchev–Trinajstić information content (AvgIpc) is 2.92. The molecule has 0 unspecified atom stereocenters. The van der Waals surface area contributed by atoms with Crippen molar-refractivity contribution in [2.24, 2.45) is 5.73 Å². The summed E-state index contributed by atoms with van der Waals surface area (Å²) >= 11 is 0. The molecule has 2 N–H and O–H groups in total. The first kappa shape index (κ1) is 31.1. The summed E-state index contributed by atoms with van der Waals surface area (Å²) in [5.41, 5.74) is 6.93. The van der Waals surface area contributed by atoms with E-state index in [2.05, 4.69) is 0 Å². The van der Waals surface area contributed by atoms with Crippen LogP contribution in [0.4, 0.5) is 9.59 Å². The third-order valence-electron chi connectivity index (χ3n) is 5.27. The molecule has 2 aromatic carbocycles. The monoisotopic (exact) mass is 545 g/mol. The zero-order valence-electron chi connectivity index (χ0n) is 22.5. The summed E-state index contributed by atoms with van der Waals surface area (Å²) < 4.78 is 31.0. The SMILES string of the molecule is CCCOC(=O)Oc1ccc(C[C@H](N)C(=O)O[C@@H](C)[C@H](C)OC(=O)c2ccccc2)cc1OC(=O)OCCC. The molecule has 11 nitrogen and oxygen atoms in total. The number of hydrogen-bond acceptors (Lipinski definition) is 11. The highest BCUT2D eigenvalue weighted by molar-refractivity contribution is 5.89. The van der Waals surface area contributed by atoms with Gasteiger partial charge in [0.25, 0.3) is 0 Å².